The van der Waals surface area contributed by atoms with E-state index < -0.39 is 24.0 Å². The van der Waals surface area contributed by atoms with Crippen molar-refractivity contribution in [2.24, 2.45) is 0 Å². The zero-order valence-corrected chi connectivity index (χ0v) is 11.1. The quantitative estimate of drug-likeness (QED) is 0.735. The lowest BCUT2D eigenvalue weighted by molar-refractivity contribution is -0.240. The van der Waals surface area contributed by atoms with Crippen molar-refractivity contribution >= 4 is 0 Å². The molecule has 0 aromatic heterocycles. The molecule has 0 amide bonds. The number of rotatable bonds is 1. The number of hydrogen-bond donors (Lipinski definition) is 1. The molecule has 3 aliphatic rings. The topological polar surface area (TPSA) is 66.4 Å². The predicted molar refractivity (Wildman–Crippen MR) is 59.6 cm³/mol. The molecule has 6 nitrogen and oxygen atoms in total. The molecule has 5 atom stereocenters. The minimum Gasteiger partial charge on any atom is -0.394 e. The first-order valence-corrected chi connectivity index (χ1v) is 6.29. The smallest absolute Gasteiger partial charge is 0.190 e. The van der Waals surface area contributed by atoms with Crippen LogP contribution in [0.25, 0.3) is 0 Å². The third-order valence-corrected chi connectivity index (χ3v) is 3.43. The van der Waals surface area contributed by atoms with Crippen LogP contribution >= 0.6 is 0 Å². The van der Waals surface area contributed by atoms with Gasteiger partial charge in [-0.15, -0.1) is 0 Å². The second-order valence-corrected chi connectivity index (χ2v) is 5.89. The highest BCUT2D eigenvalue weighted by atomic mass is 16.9. The van der Waals surface area contributed by atoms with Crippen molar-refractivity contribution in [3.05, 3.63) is 0 Å². The zero-order valence-electron chi connectivity index (χ0n) is 11.1. The second-order valence-electron chi connectivity index (χ2n) is 5.89. The van der Waals surface area contributed by atoms with Gasteiger partial charge in [0.25, 0.3) is 0 Å². The van der Waals surface area contributed by atoms with E-state index in [1.54, 1.807) is 0 Å². The fourth-order valence-corrected chi connectivity index (χ4v) is 2.84. The third kappa shape index (κ3) is 1.97. The van der Waals surface area contributed by atoms with Gasteiger partial charge < -0.3 is 28.8 Å². The van der Waals surface area contributed by atoms with Gasteiger partial charge in [0.15, 0.2) is 17.9 Å². The van der Waals surface area contributed by atoms with Crippen LogP contribution in [0.3, 0.4) is 0 Å². The molecule has 0 saturated carbocycles. The van der Waals surface area contributed by atoms with Crippen LogP contribution in [0, 0.1) is 0 Å². The molecule has 104 valence electrons. The van der Waals surface area contributed by atoms with E-state index >= 15 is 0 Å². The van der Waals surface area contributed by atoms with Gasteiger partial charge in [-0.2, -0.15) is 0 Å². The Labute approximate surface area is 106 Å². The van der Waals surface area contributed by atoms with Crippen LogP contribution in [-0.4, -0.2) is 54.0 Å². The van der Waals surface area contributed by atoms with Crippen molar-refractivity contribution in [3.8, 4) is 0 Å². The minimum atomic E-state index is -0.708. The molecule has 0 unspecified atom stereocenters. The lowest BCUT2D eigenvalue weighted by atomic mass is 9.99. The van der Waals surface area contributed by atoms with E-state index in [1.807, 2.05) is 27.7 Å². The summed E-state index contributed by atoms with van der Waals surface area (Å²) < 4.78 is 28.9. The van der Waals surface area contributed by atoms with Gasteiger partial charge in [0.2, 0.25) is 0 Å². The maximum absolute atomic E-state index is 9.40. The van der Waals surface area contributed by atoms with E-state index in [1.165, 1.54) is 0 Å². The standard InChI is InChI=1S/C12H20O6/c1-11(2)15-7-6(5-13)14-10-9(8(7)16-11)17-12(3,4)18-10/h6-10,13H,5H2,1-4H3/t6-,7-,8+,9+,10+/m0/s1. The highest BCUT2D eigenvalue weighted by molar-refractivity contribution is 4.99. The Balaban J connectivity index is 1.86. The summed E-state index contributed by atoms with van der Waals surface area (Å²) >= 11 is 0. The summed E-state index contributed by atoms with van der Waals surface area (Å²) in [6.07, 6.45) is -1.90. The predicted octanol–water partition coefficient (Wildman–Crippen LogP) is 0.375. The fraction of sp³-hybridized carbons (Fsp3) is 1.00. The van der Waals surface area contributed by atoms with Crippen molar-refractivity contribution in [1.29, 1.82) is 0 Å². The fourth-order valence-electron chi connectivity index (χ4n) is 2.84. The first-order chi connectivity index (χ1) is 8.31. The van der Waals surface area contributed by atoms with Crippen molar-refractivity contribution in [2.75, 3.05) is 6.61 Å². The largest absolute Gasteiger partial charge is 0.394 e. The zero-order chi connectivity index (χ0) is 13.1. The Kier molecular flexibility index (Phi) is 2.75. The number of aliphatic hydroxyl groups is 1. The third-order valence-electron chi connectivity index (χ3n) is 3.43. The molecule has 0 spiro atoms. The number of aliphatic hydroxyl groups excluding tert-OH is 1. The molecule has 3 heterocycles. The van der Waals surface area contributed by atoms with Crippen molar-refractivity contribution in [2.45, 2.75) is 70.0 Å². The second kappa shape index (κ2) is 3.88. The number of hydrogen-bond acceptors (Lipinski definition) is 6. The first-order valence-electron chi connectivity index (χ1n) is 6.29. The molecule has 3 rings (SSSR count). The normalized spacial score (nSPS) is 48.8. The summed E-state index contributed by atoms with van der Waals surface area (Å²) in [6, 6.07) is 0. The Morgan fingerprint density at radius 2 is 1.39 bits per heavy atom. The summed E-state index contributed by atoms with van der Waals surface area (Å²) in [5, 5.41) is 9.40. The molecule has 0 aliphatic carbocycles. The molecule has 18 heavy (non-hydrogen) atoms. The van der Waals surface area contributed by atoms with Crippen LogP contribution in [0.2, 0.25) is 0 Å². The van der Waals surface area contributed by atoms with Gasteiger partial charge in [0.1, 0.15) is 24.4 Å². The molecule has 0 radical (unpaired) electrons. The minimum absolute atomic E-state index is 0.131. The van der Waals surface area contributed by atoms with Gasteiger partial charge in [0.05, 0.1) is 6.61 Å². The molecular formula is C12H20O6. The van der Waals surface area contributed by atoms with Crippen molar-refractivity contribution in [3.63, 3.8) is 0 Å². The van der Waals surface area contributed by atoms with E-state index in [0.717, 1.165) is 0 Å². The lowest BCUT2D eigenvalue weighted by Gasteiger charge is -2.36. The van der Waals surface area contributed by atoms with E-state index in [9.17, 15) is 5.11 Å². The van der Waals surface area contributed by atoms with Crippen molar-refractivity contribution in [1.82, 2.24) is 0 Å². The number of ether oxygens (including phenoxy) is 5. The maximum atomic E-state index is 9.40. The summed E-state index contributed by atoms with van der Waals surface area (Å²) in [6.45, 7) is 7.22. The summed E-state index contributed by atoms with van der Waals surface area (Å²) in [4.78, 5) is 0. The molecule has 0 aromatic rings. The first kappa shape index (κ1) is 12.8. The van der Waals surface area contributed by atoms with Crippen LogP contribution in [0.1, 0.15) is 27.7 Å². The van der Waals surface area contributed by atoms with Gasteiger partial charge in [-0.3, -0.25) is 0 Å². The molecule has 6 heteroatoms. The van der Waals surface area contributed by atoms with Crippen LogP contribution in [0.5, 0.6) is 0 Å². The van der Waals surface area contributed by atoms with Gasteiger partial charge in [-0.25, -0.2) is 0 Å². The Morgan fingerprint density at radius 1 is 0.833 bits per heavy atom. The van der Waals surface area contributed by atoms with E-state index in [0.29, 0.717) is 0 Å². The van der Waals surface area contributed by atoms with Gasteiger partial charge >= 0.3 is 0 Å². The molecule has 3 saturated heterocycles. The van der Waals surface area contributed by atoms with E-state index in [4.69, 9.17) is 23.7 Å². The molecule has 0 aromatic carbocycles. The highest BCUT2D eigenvalue weighted by Gasteiger charge is 2.60. The van der Waals surface area contributed by atoms with Crippen molar-refractivity contribution < 1.29 is 28.8 Å². The van der Waals surface area contributed by atoms with Gasteiger partial charge in [-0.1, -0.05) is 0 Å². The Bertz CT molecular complexity index is 341. The van der Waals surface area contributed by atoms with E-state index in [2.05, 4.69) is 0 Å². The van der Waals surface area contributed by atoms with E-state index in [-0.39, 0.29) is 24.9 Å². The average Bonchev–Trinajstić information content (AvgIpc) is 2.71. The van der Waals surface area contributed by atoms with Gasteiger partial charge in [0, 0.05) is 0 Å². The Hall–Kier alpha value is -0.240. The van der Waals surface area contributed by atoms with Crippen LogP contribution in [-0.2, 0) is 23.7 Å². The monoisotopic (exact) mass is 260 g/mol. The SMILES string of the molecule is CC1(C)O[C@@H]2[C@@H](O1)[C@H](CO)O[C@@H]1OC(C)(C)O[C@@H]12. The van der Waals surface area contributed by atoms with Crippen LogP contribution in [0.15, 0.2) is 0 Å². The number of fused-ring (bicyclic) bond motifs is 3. The average molecular weight is 260 g/mol. The Morgan fingerprint density at radius 3 is 2.06 bits per heavy atom. The summed E-state index contributed by atoms with van der Waals surface area (Å²) in [5.74, 6) is -1.41. The maximum Gasteiger partial charge on any atom is 0.190 e. The summed E-state index contributed by atoms with van der Waals surface area (Å²) in [7, 11) is 0. The highest BCUT2D eigenvalue weighted by Crippen LogP contribution is 2.43. The lowest BCUT2D eigenvalue weighted by Crippen LogP contribution is -2.56. The molecule has 3 aliphatic heterocycles. The van der Waals surface area contributed by atoms with Gasteiger partial charge in [-0.05, 0) is 27.7 Å². The molecule has 0 bridgehead atoms. The molecular weight excluding hydrogens is 240 g/mol. The van der Waals surface area contributed by atoms with Crippen LogP contribution in [0.4, 0.5) is 0 Å². The van der Waals surface area contributed by atoms with Crippen LogP contribution < -0.4 is 0 Å². The molecule has 1 N–H and O–H groups in total. The molecule has 3 fully saturated rings. The summed E-state index contributed by atoms with van der Waals surface area (Å²) in [5.41, 5.74) is 0.